The molecule has 5 rings (SSSR count). The number of fused-ring (bicyclic) bond motifs is 5. The third-order valence-electron chi connectivity index (χ3n) is 6.17. The van der Waals surface area contributed by atoms with Gasteiger partial charge >= 0.3 is 6.09 Å². The molecular weight excluding hydrogens is 416 g/mol. The van der Waals surface area contributed by atoms with Gasteiger partial charge in [0, 0.05) is 31.1 Å². The molecule has 0 bridgehead atoms. The first kappa shape index (κ1) is 20.2. The molecule has 1 aliphatic heterocycles. The van der Waals surface area contributed by atoms with Crippen molar-refractivity contribution in [2.24, 2.45) is 5.92 Å². The molecule has 1 fully saturated rings. The second-order valence-corrected chi connectivity index (χ2v) is 9.42. The average Bonchev–Trinajstić information content (AvgIpc) is 3.35. The zero-order valence-electron chi connectivity index (χ0n) is 18.1. The fourth-order valence-corrected chi connectivity index (χ4v) is 5.74. The molecule has 31 heavy (non-hydrogen) atoms. The van der Waals surface area contributed by atoms with Gasteiger partial charge in [0.15, 0.2) is 5.65 Å². The topological polar surface area (TPSA) is 92.9 Å². The largest absolute Gasteiger partial charge is 0.450 e. The highest BCUT2D eigenvalue weighted by atomic mass is 32.1. The predicted molar refractivity (Wildman–Crippen MR) is 117 cm³/mol. The van der Waals surface area contributed by atoms with Crippen LogP contribution in [-0.4, -0.2) is 74.2 Å². The lowest BCUT2D eigenvalue weighted by atomic mass is 9.89. The Morgan fingerprint density at radius 1 is 1.16 bits per heavy atom. The summed E-state index contributed by atoms with van der Waals surface area (Å²) in [6.45, 7) is 8.06. The molecule has 3 aromatic rings. The molecule has 4 heterocycles. The first-order valence-electron chi connectivity index (χ1n) is 10.8. The highest BCUT2D eigenvalue weighted by molar-refractivity contribution is 7.19. The number of carbonyl (C=O) groups is 2. The molecule has 9 nitrogen and oxygen atoms in total. The SMILES string of the molecule is CCOC(=O)N1CCN(C(=O)c2nc3c4c5c(sc4nc(C)n3n2)CCC(C)C5)CC1. The number of carbonyl (C=O) groups excluding carboxylic acids is 2. The summed E-state index contributed by atoms with van der Waals surface area (Å²) in [6, 6.07) is 0. The summed E-state index contributed by atoms with van der Waals surface area (Å²) in [5.41, 5.74) is 2.05. The van der Waals surface area contributed by atoms with Crippen molar-refractivity contribution < 1.29 is 14.3 Å². The van der Waals surface area contributed by atoms with Gasteiger partial charge < -0.3 is 14.5 Å². The number of amides is 2. The summed E-state index contributed by atoms with van der Waals surface area (Å²) < 4.78 is 6.76. The molecule has 0 aromatic carbocycles. The number of thiophene rings is 1. The van der Waals surface area contributed by atoms with Gasteiger partial charge in [-0.3, -0.25) is 4.79 Å². The van der Waals surface area contributed by atoms with Gasteiger partial charge in [0.1, 0.15) is 10.7 Å². The highest BCUT2D eigenvalue weighted by Crippen LogP contribution is 2.39. The van der Waals surface area contributed by atoms with Gasteiger partial charge in [-0.05, 0) is 44.6 Å². The normalized spacial score (nSPS) is 19.1. The molecule has 3 aromatic heterocycles. The van der Waals surface area contributed by atoms with Crippen LogP contribution in [0.15, 0.2) is 0 Å². The third kappa shape index (κ3) is 3.42. The van der Waals surface area contributed by atoms with E-state index in [1.807, 2.05) is 6.92 Å². The Labute approximate surface area is 184 Å². The number of piperazine rings is 1. The monoisotopic (exact) mass is 442 g/mol. The molecule has 2 amide bonds. The highest BCUT2D eigenvalue weighted by Gasteiger charge is 2.29. The van der Waals surface area contributed by atoms with E-state index in [4.69, 9.17) is 9.72 Å². The maximum atomic E-state index is 13.1. The van der Waals surface area contributed by atoms with E-state index in [1.54, 1.807) is 32.6 Å². The number of aromatic nitrogens is 4. The third-order valence-corrected chi connectivity index (χ3v) is 7.36. The van der Waals surface area contributed by atoms with Crippen LogP contribution in [-0.2, 0) is 17.6 Å². The van der Waals surface area contributed by atoms with Crippen molar-refractivity contribution in [1.29, 1.82) is 0 Å². The zero-order valence-corrected chi connectivity index (χ0v) is 18.9. The Kier molecular flexibility index (Phi) is 5.04. The zero-order chi connectivity index (χ0) is 21.7. The van der Waals surface area contributed by atoms with E-state index in [-0.39, 0.29) is 17.8 Å². The van der Waals surface area contributed by atoms with Gasteiger partial charge in [-0.2, -0.15) is 4.52 Å². The van der Waals surface area contributed by atoms with Crippen LogP contribution in [0.4, 0.5) is 4.79 Å². The molecular formula is C21H26N6O3S. The van der Waals surface area contributed by atoms with E-state index in [2.05, 4.69) is 17.0 Å². The van der Waals surface area contributed by atoms with E-state index in [0.717, 1.165) is 34.5 Å². The molecule has 0 N–H and O–H groups in total. The second kappa shape index (κ2) is 7.74. The maximum absolute atomic E-state index is 13.1. The molecule has 164 valence electrons. The van der Waals surface area contributed by atoms with Gasteiger partial charge in [0.2, 0.25) is 5.82 Å². The standard InChI is InChI=1S/C21H26N6O3S/c1-4-30-21(29)26-9-7-25(8-10-26)20(28)17-23-18-16-14-11-12(2)5-6-15(14)31-19(16)22-13(3)27(18)24-17/h12H,4-11H2,1-3H3. The number of ether oxygens (including phenoxy) is 1. The van der Waals surface area contributed by atoms with Crippen molar-refractivity contribution in [3.05, 3.63) is 22.1 Å². The average molecular weight is 443 g/mol. The number of rotatable bonds is 2. The Morgan fingerprint density at radius 2 is 1.90 bits per heavy atom. The summed E-state index contributed by atoms with van der Waals surface area (Å²) in [5.74, 6) is 1.34. The maximum Gasteiger partial charge on any atom is 0.409 e. The lowest BCUT2D eigenvalue weighted by Gasteiger charge is -2.33. The molecule has 1 aliphatic carbocycles. The Bertz CT molecular complexity index is 1180. The summed E-state index contributed by atoms with van der Waals surface area (Å²) in [5, 5.41) is 5.57. The molecule has 0 spiro atoms. The van der Waals surface area contributed by atoms with Gasteiger partial charge in [0.05, 0.1) is 12.0 Å². The van der Waals surface area contributed by atoms with Crippen LogP contribution >= 0.6 is 11.3 Å². The minimum Gasteiger partial charge on any atom is -0.450 e. The van der Waals surface area contributed by atoms with E-state index in [1.165, 1.54) is 16.9 Å². The van der Waals surface area contributed by atoms with Gasteiger partial charge in [-0.25, -0.2) is 14.8 Å². The van der Waals surface area contributed by atoms with Crippen molar-refractivity contribution in [3.63, 3.8) is 0 Å². The van der Waals surface area contributed by atoms with Gasteiger partial charge in [0.25, 0.3) is 5.91 Å². The van der Waals surface area contributed by atoms with Crippen LogP contribution in [0.5, 0.6) is 0 Å². The van der Waals surface area contributed by atoms with Crippen molar-refractivity contribution in [1.82, 2.24) is 29.4 Å². The van der Waals surface area contributed by atoms with E-state index >= 15 is 0 Å². The molecule has 1 atom stereocenters. The molecule has 0 radical (unpaired) electrons. The van der Waals surface area contributed by atoms with Crippen molar-refractivity contribution >= 4 is 39.2 Å². The summed E-state index contributed by atoms with van der Waals surface area (Å²) >= 11 is 1.75. The number of aryl methyl sites for hydroxylation is 2. The Balaban J connectivity index is 1.45. The van der Waals surface area contributed by atoms with Crippen LogP contribution in [0.25, 0.3) is 15.9 Å². The molecule has 10 heteroatoms. The number of nitrogens with zero attached hydrogens (tertiary/aromatic N) is 6. The Hall–Kier alpha value is -2.75. The van der Waals surface area contributed by atoms with Crippen LogP contribution < -0.4 is 0 Å². The molecule has 0 saturated carbocycles. The number of hydrogen-bond acceptors (Lipinski definition) is 7. The predicted octanol–water partition coefficient (Wildman–Crippen LogP) is 2.69. The smallest absolute Gasteiger partial charge is 0.409 e. The first-order valence-corrected chi connectivity index (χ1v) is 11.7. The first-order chi connectivity index (χ1) is 15.0. The van der Waals surface area contributed by atoms with E-state index < -0.39 is 0 Å². The minimum absolute atomic E-state index is 0.186. The minimum atomic E-state index is -0.332. The van der Waals surface area contributed by atoms with Crippen molar-refractivity contribution in [3.8, 4) is 0 Å². The van der Waals surface area contributed by atoms with Crippen LogP contribution in [0, 0.1) is 12.8 Å². The second-order valence-electron chi connectivity index (χ2n) is 8.34. The lowest BCUT2D eigenvalue weighted by molar-refractivity contribution is 0.0561. The van der Waals surface area contributed by atoms with Gasteiger partial charge in [-0.1, -0.05) is 6.92 Å². The van der Waals surface area contributed by atoms with Crippen LogP contribution in [0.3, 0.4) is 0 Å². The van der Waals surface area contributed by atoms with Crippen LogP contribution in [0.1, 0.15) is 47.2 Å². The summed E-state index contributed by atoms with van der Waals surface area (Å²) in [6.07, 6.45) is 2.96. The van der Waals surface area contributed by atoms with Crippen molar-refractivity contribution in [2.75, 3.05) is 32.8 Å². The van der Waals surface area contributed by atoms with E-state index in [0.29, 0.717) is 38.7 Å². The van der Waals surface area contributed by atoms with Gasteiger partial charge in [-0.15, -0.1) is 16.4 Å². The van der Waals surface area contributed by atoms with E-state index in [9.17, 15) is 9.59 Å². The summed E-state index contributed by atoms with van der Waals surface area (Å²) in [4.78, 5) is 40.2. The fourth-order valence-electron chi connectivity index (χ4n) is 4.49. The Morgan fingerprint density at radius 3 is 2.65 bits per heavy atom. The van der Waals surface area contributed by atoms with Crippen molar-refractivity contribution in [2.45, 2.75) is 40.0 Å². The lowest BCUT2D eigenvalue weighted by Crippen LogP contribution is -2.50. The summed E-state index contributed by atoms with van der Waals surface area (Å²) in [7, 11) is 0. The quantitative estimate of drug-likeness (QED) is 0.606. The molecule has 2 aliphatic rings. The van der Waals surface area contributed by atoms with Crippen LogP contribution in [0.2, 0.25) is 0 Å². The molecule has 1 unspecified atom stereocenters. The number of hydrogen-bond donors (Lipinski definition) is 0. The molecule has 1 saturated heterocycles. The fraction of sp³-hybridized carbons (Fsp3) is 0.571.